The van der Waals surface area contributed by atoms with Crippen LogP contribution in [0.2, 0.25) is 4.34 Å². The van der Waals surface area contributed by atoms with Gasteiger partial charge in [0.15, 0.2) is 0 Å². The van der Waals surface area contributed by atoms with Crippen LogP contribution >= 0.6 is 22.9 Å². The number of carbonyl (C=O) groups excluding carboxylic acids is 1. The molecule has 2 rings (SSSR count). The van der Waals surface area contributed by atoms with E-state index in [1.54, 1.807) is 7.11 Å². The van der Waals surface area contributed by atoms with E-state index in [0.29, 0.717) is 24.5 Å². The van der Waals surface area contributed by atoms with Gasteiger partial charge in [-0.25, -0.2) is 0 Å². The summed E-state index contributed by atoms with van der Waals surface area (Å²) in [6, 6.07) is 9.54. The fourth-order valence-electron chi connectivity index (χ4n) is 2.11. The van der Waals surface area contributed by atoms with Gasteiger partial charge >= 0.3 is 0 Å². The molecule has 0 saturated heterocycles. The number of hydrogen-bond acceptors (Lipinski definition) is 4. The Morgan fingerprint density at radius 1 is 1.36 bits per heavy atom. The van der Waals surface area contributed by atoms with Crippen LogP contribution in [-0.4, -0.2) is 31.5 Å². The summed E-state index contributed by atoms with van der Waals surface area (Å²) in [7, 11) is 3.49. The summed E-state index contributed by atoms with van der Waals surface area (Å²) in [6.07, 6.45) is 0. The molecule has 22 heavy (non-hydrogen) atoms. The molecule has 1 N–H and O–H groups in total. The Hall–Kier alpha value is -1.56. The number of methoxy groups -OCH3 is 1. The van der Waals surface area contributed by atoms with Gasteiger partial charge in [0.05, 0.1) is 23.7 Å². The Bertz CT molecular complexity index is 657. The van der Waals surface area contributed by atoms with E-state index in [0.717, 1.165) is 14.8 Å². The van der Waals surface area contributed by atoms with Gasteiger partial charge in [0.2, 0.25) is 5.91 Å². The third-order valence-corrected chi connectivity index (χ3v) is 4.31. The van der Waals surface area contributed by atoms with Crippen molar-refractivity contribution < 1.29 is 9.53 Å². The summed E-state index contributed by atoms with van der Waals surface area (Å²) in [5, 5.41) is 2.90. The molecule has 0 bridgehead atoms. The highest BCUT2D eigenvalue weighted by molar-refractivity contribution is 7.16. The predicted octanol–water partition coefficient (Wildman–Crippen LogP) is 3.79. The van der Waals surface area contributed by atoms with E-state index in [-0.39, 0.29) is 5.91 Å². The van der Waals surface area contributed by atoms with E-state index in [2.05, 4.69) is 5.32 Å². The van der Waals surface area contributed by atoms with Crippen molar-refractivity contribution in [2.24, 2.45) is 0 Å². The quantitative estimate of drug-likeness (QED) is 0.871. The highest BCUT2D eigenvalue weighted by Gasteiger charge is 2.11. The molecule has 2 aromatic rings. The Morgan fingerprint density at radius 3 is 2.77 bits per heavy atom. The molecular formula is C16H19ClN2O2S. The fraction of sp³-hybridized carbons (Fsp3) is 0.312. The molecule has 0 fully saturated rings. The number of thiophene rings is 1. The van der Waals surface area contributed by atoms with E-state index in [1.807, 2.05) is 49.2 Å². The zero-order valence-corrected chi connectivity index (χ0v) is 14.4. The summed E-state index contributed by atoms with van der Waals surface area (Å²) in [5.41, 5.74) is 1.76. The van der Waals surface area contributed by atoms with Crippen LogP contribution < -0.4 is 10.1 Å². The van der Waals surface area contributed by atoms with E-state index in [9.17, 15) is 4.79 Å². The number of benzene rings is 1. The molecule has 1 aromatic heterocycles. The minimum absolute atomic E-state index is 0.0750. The first-order valence-corrected chi connectivity index (χ1v) is 8.04. The van der Waals surface area contributed by atoms with Crippen molar-refractivity contribution in [3.05, 3.63) is 45.1 Å². The van der Waals surface area contributed by atoms with Gasteiger partial charge in [0.25, 0.3) is 0 Å². The molecule has 118 valence electrons. The second-order valence-electron chi connectivity index (χ2n) is 5.13. The Morgan fingerprint density at radius 2 is 2.14 bits per heavy atom. The largest absolute Gasteiger partial charge is 0.495 e. The van der Waals surface area contributed by atoms with Crippen molar-refractivity contribution >= 4 is 34.5 Å². The Balaban J connectivity index is 1.93. The molecule has 0 aliphatic carbocycles. The van der Waals surface area contributed by atoms with Gasteiger partial charge in [-0.15, -0.1) is 11.3 Å². The van der Waals surface area contributed by atoms with Crippen LogP contribution in [0.15, 0.2) is 30.3 Å². The SMILES string of the molecule is COc1ccc(C)cc1NC(=O)CN(C)Cc1ccc(Cl)s1. The number of ether oxygens (including phenoxy) is 1. The summed E-state index contributed by atoms with van der Waals surface area (Å²) < 4.78 is 6.02. The van der Waals surface area contributed by atoms with Crippen LogP contribution in [0.3, 0.4) is 0 Å². The lowest BCUT2D eigenvalue weighted by atomic mass is 10.2. The molecular weight excluding hydrogens is 320 g/mol. The highest BCUT2D eigenvalue weighted by atomic mass is 35.5. The first-order chi connectivity index (χ1) is 10.5. The van der Waals surface area contributed by atoms with Gasteiger partial charge in [-0.1, -0.05) is 17.7 Å². The monoisotopic (exact) mass is 338 g/mol. The predicted molar refractivity (Wildman–Crippen MR) is 92.0 cm³/mol. The standard InChI is InChI=1S/C16H19ClN2O2S/c1-11-4-6-14(21-3)13(8-11)18-16(20)10-19(2)9-12-5-7-15(17)22-12/h4-8H,9-10H2,1-3H3,(H,18,20). The molecule has 6 heteroatoms. The number of rotatable bonds is 6. The molecule has 0 radical (unpaired) electrons. The van der Waals surface area contributed by atoms with Crippen LogP contribution in [0.1, 0.15) is 10.4 Å². The van der Waals surface area contributed by atoms with Crippen molar-refractivity contribution in [2.45, 2.75) is 13.5 Å². The minimum Gasteiger partial charge on any atom is -0.495 e. The number of carbonyl (C=O) groups is 1. The molecule has 0 aliphatic rings. The average molecular weight is 339 g/mol. The third kappa shape index (κ3) is 4.73. The van der Waals surface area contributed by atoms with Gasteiger partial charge in [0, 0.05) is 11.4 Å². The molecule has 0 aliphatic heterocycles. The molecule has 1 aromatic carbocycles. The zero-order valence-electron chi connectivity index (χ0n) is 12.9. The summed E-state index contributed by atoms with van der Waals surface area (Å²) in [5.74, 6) is 0.584. The Labute approximate surface area is 139 Å². The number of nitrogens with one attached hydrogen (secondary N) is 1. The summed E-state index contributed by atoms with van der Waals surface area (Å²) in [4.78, 5) is 15.2. The van der Waals surface area contributed by atoms with Crippen molar-refractivity contribution in [1.82, 2.24) is 4.90 Å². The number of hydrogen-bond donors (Lipinski definition) is 1. The Kier molecular flexibility index (Phi) is 5.83. The third-order valence-electron chi connectivity index (χ3n) is 3.10. The van der Waals surface area contributed by atoms with Crippen molar-refractivity contribution in [3.63, 3.8) is 0 Å². The smallest absolute Gasteiger partial charge is 0.238 e. The number of aryl methyl sites for hydroxylation is 1. The fourth-order valence-corrected chi connectivity index (χ4v) is 3.28. The summed E-state index contributed by atoms with van der Waals surface area (Å²) in [6.45, 7) is 2.96. The van der Waals surface area contributed by atoms with Crippen molar-refractivity contribution in [3.8, 4) is 5.75 Å². The lowest BCUT2D eigenvalue weighted by molar-refractivity contribution is -0.117. The second kappa shape index (κ2) is 7.63. The van der Waals surface area contributed by atoms with Gasteiger partial charge in [0.1, 0.15) is 5.75 Å². The second-order valence-corrected chi connectivity index (χ2v) is 6.93. The zero-order chi connectivity index (χ0) is 16.1. The molecule has 1 amide bonds. The summed E-state index contributed by atoms with van der Waals surface area (Å²) >= 11 is 7.44. The normalized spacial score (nSPS) is 10.8. The molecule has 0 unspecified atom stereocenters. The molecule has 4 nitrogen and oxygen atoms in total. The number of amides is 1. The van der Waals surface area contributed by atoms with Crippen molar-refractivity contribution in [2.75, 3.05) is 26.0 Å². The molecule has 0 atom stereocenters. The van der Waals surface area contributed by atoms with Gasteiger partial charge in [-0.05, 0) is 43.8 Å². The maximum atomic E-state index is 12.2. The van der Waals surface area contributed by atoms with Gasteiger partial charge in [-0.3, -0.25) is 9.69 Å². The topological polar surface area (TPSA) is 41.6 Å². The molecule has 0 spiro atoms. The maximum Gasteiger partial charge on any atom is 0.238 e. The number of nitrogens with zero attached hydrogens (tertiary/aromatic N) is 1. The number of halogens is 1. The lowest BCUT2D eigenvalue weighted by Crippen LogP contribution is -2.29. The van der Waals surface area contributed by atoms with Crippen molar-refractivity contribution in [1.29, 1.82) is 0 Å². The van der Waals surface area contributed by atoms with Crippen LogP contribution in [-0.2, 0) is 11.3 Å². The van der Waals surface area contributed by atoms with E-state index in [4.69, 9.17) is 16.3 Å². The highest BCUT2D eigenvalue weighted by Crippen LogP contribution is 2.25. The lowest BCUT2D eigenvalue weighted by Gasteiger charge is -2.16. The van der Waals surface area contributed by atoms with Crippen LogP contribution in [0, 0.1) is 6.92 Å². The van der Waals surface area contributed by atoms with Crippen LogP contribution in [0.4, 0.5) is 5.69 Å². The maximum absolute atomic E-state index is 12.2. The van der Waals surface area contributed by atoms with E-state index >= 15 is 0 Å². The number of anilines is 1. The number of likely N-dealkylation sites (N-methyl/N-ethyl adjacent to an activating group) is 1. The molecule has 0 saturated carbocycles. The van der Waals surface area contributed by atoms with Gasteiger partial charge in [-0.2, -0.15) is 0 Å². The average Bonchev–Trinajstić information content (AvgIpc) is 2.83. The van der Waals surface area contributed by atoms with Crippen LogP contribution in [0.25, 0.3) is 0 Å². The van der Waals surface area contributed by atoms with Gasteiger partial charge < -0.3 is 10.1 Å². The van der Waals surface area contributed by atoms with E-state index < -0.39 is 0 Å². The first-order valence-electron chi connectivity index (χ1n) is 6.85. The molecule has 1 heterocycles. The minimum atomic E-state index is -0.0750. The van der Waals surface area contributed by atoms with Crippen LogP contribution in [0.5, 0.6) is 5.75 Å². The van der Waals surface area contributed by atoms with E-state index in [1.165, 1.54) is 11.3 Å². The first kappa shape index (κ1) is 16.8.